The molecule has 0 amide bonds. The third-order valence-corrected chi connectivity index (χ3v) is 7.66. The van der Waals surface area contributed by atoms with Gasteiger partial charge in [0, 0.05) is 24.6 Å². The summed E-state index contributed by atoms with van der Waals surface area (Å²) in [7, 11) is -10.9. The lowest BCUT2D eigenvalue weighted by Gasteiger charge is -2.29. The van der Waals surface area contributed by atoms with Gasteiger partial charge in [0.2, 0.25) is 10.0 Å². The van der Waals surface area contributed by atoms with E-state index in [4.69, 9.17) is 0 Å². The summed E-state index contributed by atoms with van der Waals surface area (Å²) in [5.41, 5.74) is 1.91. The molecular weight excluding hydrogens is 454 g/mol. The number of carbonyl (C=O) groups is 1. The lowest BCUT2D eigenvalue weighted by atomic mass is 9.88. The predicted molar refractivity (Wildman–Crippen MR) is 115 cm³/mol. The van der Waals surface area contributed by atoms with Gasteiger partial charge in [-0.25, -0.2) is 12.7 Å². The van der Waals surface area contributed by atoms with Crippen molar-refractivity contribution in [2.24, 2.45) is 5.92 Å². The van der Waals surface area contributed by atoms with Gasteiger partial charge < -0.3 is 0 Å². The molecule has 0 spiro atoms. The fraction of sp³-hybridized carbons (Fsp3) is 0.611. The number of rotatable bonds is 6. The summed E-state index contributed by atoms with van der Waals surface area (Å²) in [6.45, 7) is 5.10. The standard InChI is InChI=1S/C16H23NO3S.C2H6O5S2/c1-12(2)14-5-4-6-15(11-14)16(18)13-7-9-17(10-8-13)21(3,19)20;1-8(3,4)7-9(2,5)6/h4-6,11-13H,7-10H2,1-3H3;1-2H3. The van der Waals surface area contributed by atoms with E-state index in [-0.39, 0.29) is 11.7 Å². The van der Waals surface area contributed by atoms with Crippen LogP contribution in [-0.4, -0.2) is 67.2 Å². The average molecular weight is 484 g/mol. The Balaban J connectivity index is 0.000000424. The summed E-state index contributed by atoms with van der Waals surface area (Å²) in [4.78, 5) is 12.6. The number of carbonyl (C=O) groups excluding carboxylic acids is 1. The van der Waals surface area contributed by atoms with Gasteiger partial charge in [0.25, 0.3) is 20.2 Å². The Hall–Kier alpha value is -1.34. The zero-order chi connectivity index (χ0) is 23.3. The number of ketones is 1. The normalized spacial score (nSPS) is 16.7. The molecule has 12 heteroatoms. The summed E-state index contributed by atoms with van der Waals surface area (Å²) in [5.74, 6) is 0.473. The fourth-order valence-electron chi connectivity index (χ4n) is 2.96. The van der Waals surface area contributed by atoms with Crippen molar-refractivity contribution in [2.75, 3.05) is 31.9 Å². The van der Waals surface area contributed by atoms with Gasteiger partial charge in [0.05, 0.1) is 18.8 Å². The highest BCUT2D eigenvalue weighted by molar-refractivity contribution is 7.99. The molecule has 9 nitrogen and oxygen atoms in total. The number of hydrogen-bond acceptors (Lipinski definition) is 8. The second kappa shape index (κ2) is 10.3. The summed E-state index contributed by atoms with van der Waals surface area (Å²) in [6.07, 6.45) is 3.76. The second-order valence-corrected chi connectivity index (χ2v) is 12.9. The van der Waals surface area contributed by atoms with Crippen LogP contribution in [0.3, 0.4) is 0 Å². The molecule has 1 aromatic rings. The van der Waals surface area contributed by atoms with Gasteiger partial charge >= 0.3 is 0 Å². The first kappa shape index (κ1) is 26.7. The molecule has 1 aliphatic heterocycles. The third kappa shape index (κ3) is 9.65. The van der Waals surface area contributed by atoms with E-state index in [0.29, 0.717) is 44.4 Å². The molecule has 0 saturated carbocycles. The maximum Gasteiger partial charge on any atom is 0.278 e. The molecule has 1 aromatic carbocycles. The van der Waals surface area contributed by atoms with Crippen molar-refractivity contribution in [1.82, 2.24) is 4.31 Å². The van der Waals surface area contributed by atoms with Crippen molar-refractivity contribution in [3.05, 3.63) is 35.4 Å². The van der Waals surface area contributed by atoms with Gasteiger partial charge in [0.15, 0.2) is 5.78 Å². The van der Waals surface area contributed by atoms with Crippen LogP contribution in [0.5, 0.6) is 0 Å². The molecule has 1 heterocycles. The van der Waals surface area contributed by atoms with Gasteiger partial charge in [-0.05, 0) is 30.4 Å². The lowest BCUT2D eigenvalue weighted by Crippen LogP contribution is -2.39. The molecule has 0 atom stereocenters. The molecule has 1 fully saturated rings. The molecule has 0 bridgehead atoms. The van der Waals surface area contributed by atoms with Crippen LogP contribution in [0.15, 0.2) is 24.3 Å². The van der Waals surface area contributed by atoms with Crippen molar-refractivity contribution < 1.29 is 33.7 Å². The Labute approximate surface area is 179 Å². The Kier molecular flexibility index (Phi) is 9.18. The molecule has 1 saturated heterocycles. The summed E-state index contributed by atoms with van der Waals surface area (Å²) >= 11 is 0. The number of hydrogen-bond donors (Lipinski definition) is 0. The van der Waals surface area contributed by atoms with Crippen LogP contribution in [-0.2, 0) is 33.9 Å². The second-order valence-electron chi connectivity index (χ2n) is 7.56. The van der Waals surface area contributed by atoms with Crippen LogP contribution < -0.4 is 0 Å². The van der Waals surface area contributed by atoms with Crippen LogP contribution in [0.1, 0.15) is 48.5 Å². The number of Topliss-reactive ketones (excluding diaryl/α,β-unsaturated/α-hetero) is 1. The fourth-order valence-corrected chi connectivity index (χ4v) is 5.63. The minimum absolute atomic E-state index is 0.0644. The average Bonchev–Trinajstić information content (AvgIpc) is 2.58. The van der Waals surface area contributed by atoms with Crippen molar-refractivity contribution in [3.8, 4) is 0 Å². The Morgan fingerprint density at radius 3 is 1.83 bits per heavy atom. The first-order chi connectivity index (χ1) is 13.5. The Morgan fingerprint density at radius 2 is 1.47 bits per heavy atom. The molecule has 0 aliphatic carbocycles. The predicted octanol–water partition coefficient (Wildman–Crippen LogP) is 1.59. The molecule has 2 rings (SSSR count). The summed E-state index contributed by atoms with van der Waals surface area (Å²) in [6, 6.07) is 7.79. The minimum atomic E-state index is -3.87. The number of piperidine rings is 1. The van der Waals surface area contributed by atoms with Crippen LogP contribution >= 0.6 is 0 Å². The molecule has 30 heavy (non-hydrogen) atoms. The first-order valence-corrected chi connectivity index (χ1v) is 14.7. The van der Waals surface area contributed by atoms with E-state index in [1.54, 1.807) is 0 Å². The summed E-state index contributed by atoms with van der Waals surface area (Å²) in [5, 5.41) is 0. The number of benzene rings is 1. The maximum atomic E-state index is 12.6. The van der Waals surface area contributed by atoms with Crippen molar-refractivity contribution in [1.29, 1.82) is 0 Å². The minimum Gasteiger partial charge on any atom is -0.294 e. The highest BCUT2D eigenvalue weighted by atomic mass is 32.3. The quantitative estimate of drug-likeness (QED) is 0.557. The van der Waals surface area contributed by atoms with Crippen LogP contribution in [0.2, 0.25) is 0 Å². The molecular formula is C18H29NO8S3. The highest BCUT2D eigenvalue weighted by Crippen LogP contribution is 2.24. The summed E-state index contributed by atoms with van der Waals surface area (Å²) < 4.78 is 68.2. The largest absolute Gasteiger partial charge is 0.294 e. The maximum absolute atomic E-state index is 12.6. The molecule has 172 valence electrons. The van der Waals surface area contributed by atoms with Crippen molar-refractivity contribution in [3.63, 3.8) is 0 Å². The van der Waals surface area contributed by atoms with Gasteiger partial charge in [-0.1, -0.05) is 32.0 Å². The van der Waals surface area contributed by atoms with Gasteiger partial charge in [-0.3, -0.25) is 4.79 Å². The van der Waals surface area contributed by atoms with Crippen LogP contribution in [0.4, 0.5) is 0 Å². The van der Waals surface area contributed by atoms with E-state index >= 15 is 0 Å². The van der Waals surface area contributed by atoms with Crippen LogP contribution in [0, 0.1) is 5.92 Å². The van der Waals surface area contributed by atoms with Crippen molar-refractivity contribution in [2.45, 2.75) is 32.6 Å². The number of sulfonamides is 1. The smallest absolute Gasteiger partial charge is 0.278 e. The molecule has 0 aromatic heterocycles. The zero-order valence-electron chi connectivity index (χ0n) is 17.7. The van der Waals surface area contributed by atoms with E-state index in [1.807, 2.05) is 24.3 Å². The molecule has 1 aliphatic rings. The van der Waals surface area contributed by atoms with E-state index in [0.717, 1.165) is 11.1 Å². The Morgan fingerprint density at radius 1 is 0.967 bits per heavy atom. The molecule has 0 unspecified atom stereocenters. The van der Waals surface area contributed by atoms with Gasteiger partial charge in [0.1, 0.15) is 0 Å². The number of nitrogens with zero attached hydrogens (tertiary/aromatic N) is 1. The monoisotopic (exact) mass is 483 g/mol. The van der Waals surface area contributed by atoms with Crippen molar-refractivity contribution >= 4 is 36.0 Å². The Bertz CT molecular complexity index is 1020. The SMILES string of the molecule is CC(C)c1cccc(C(=O)C2CCN(S(C)(=O)=O)CC2)c1.CS(=O)(=O)OS(C)(=O)=O. The first-order valence-electron chi connectivity index (χ1n) is 9.20. The lowest BCUT2D eigenvalue weighted by molar-refractivity contribution is 0.0875. The zero-order valence-corrected chi connectivity index (χ0v) is 20.2. The van der Waals surface area contributed by atoms with Gasteiger partial charge in [-0.2, -0.15) is 16.8 Å². The molecule has 0 radical (unpaired) electrons. The van der Waals surface area contributed by atoms with E-state index < -0.39 is 30.3 Å². The topological polar surface area (TPSA) is 132 Å². The van der Waals surface area contributed by atoms with E-state index in [1.165, 1.54) is 10.6 Å². The van der Waals surface area contributed by atoms with E-state index in [9.17, 15) is 30.0 Å². The highest BCUT2D eigenvalue weighted by Gasteiger charge is 2.29. The van der Waals surface area contributed by atoms with E-state index in [2.05, 4.69) is 17.5 Å². The van der Waals surface area contributed by atoms with Crippen LogP contribution in [0.25, 0.3) is 0 Å². The molecule has 0 N–H and O–H groups in total. The third-order valence-electron chi connectivity index (χ3n) is 4.38. The van der Waals surface area contributed by atoms with Gasteiger partial charge in [-0.15, -0.1) is 3.63 Å².